The lowest BCUT2D eigenvalue weighted by molar-refractivity contribution is -0.115. The van der Waals surface area contributed by atoms with Crippen LogP contribution in [-0.2, 0) is 14.8 Å². The number of hydrogen-bond acceptors (Lipinski definition) is 3. The number of carbonyl (C=O) groups is 1. The molecule has 0 bridgehead atoms. The van der Waals surface area contributed by atoms with E-state index in [1.54, 1.807) is 12.1 Å². The summed E-state index contributed by atoms with van der Waals surface area (Å²) in [5.74, 6) is -0.133. The third kappa shape index (κ3) is 3.69. The van der Waals surface area contributed by atoms with Gasteiger partial charge in [0.25, 0.3) is 0 Å². The first kappa shape index (κ1) is 14.0. The Bertz CT molecular complexity index is 502. The minimum Gasteiger partial charge on any atom is -0.325 e. The summed E-state index contributed by atoms with van der Waals surface area (Å²) in [7, 11) is -2.27. The van der Waals surface area contributed by atoms with Crippen molar-refractivity contribution in [1.29, 1.82) is 0 Å². The fraction of sp³-hybridized carbons (Fsp3) is 0.300. The third-order valence-electron chi connectivity index (χ3n) is 2.04. The Hall–Kier alpha value is -1.11. The molecule has 94 valence electrons. The van der Waals surface area contributed by atoms with Gasteiger partial charge in [-0.2, -0.15) is 0 Å². The molecular formula is C10H13ClN2O3S. The fourth-order valence-corrected chi connectivity index (χ4v) is 2.27. The van der Waals surface area contributed by atoms with E-state index in [0.717, 1.165) is 0 Å². The first-order valence-corrected chi connectivity index (χ1v) is 6.91. The molecule has 0 aliphatic heterocycles. The maximum atomic E-state index is 11.7. The summed E-state index contributed by atoms with van der Waals surface area (Å²) in [6.07, 6.45) is 0.134. The number of hydrogen-bond donors (Lipinski definition) is 2. The summed E-state index contributed by atoms with van der Waals surface area (Å²) in [4.78, 5) is 11.4. The first-order valence-electron chi connectivity index (χ1n) is 4.89. The zero-order valence-corrected chi connectivity index (χ0v) is 10.8. The standard InChI is InChI=1S/C10H13ClN2O3S/c1-12-17(15,16)9-5-3-2-4-8(9)13-10(14)6-7-11/h2-5,12H,6-7H2,1H3,(H,13,14). The van der Waals surface area contributed by atoms with Crippen molar-refractivity contribution in [1.82, 2.24) is 4.72 Å². The Morgan fingerprint density at radius 3 is 2.59 bits per heavy atom. The second kappa shape index (κ2) is 6.00. The highest BCUT2D eigenvalue weighted by atomic mass is 35.5. The van der Waals surface area contributed by atoms with Gasteiger partial charge in [0.1, 0.15) is 4.90 Å². The van der Waals surface area contributed by atoms with Crippen LogP contribution in [0.4, 0.5) is 5.69 Å². The average Bonchev–Trinajstić information content (AvgIpc) is 2.30. The molecule has 0 fully saturated rings. The molecule has 0 radical (unpaired) electrons. The molecule has 2 N–H and O–H groups in total. The highest BCUT2D eigenvalue weighted by molar-refractivity contribution is 7.89. The van der Waals surface area contributed by atoms with E-state index in [4.69, 9.17) is 11.6 Å². The molecular weight excluding hydrogens is 264 g/mol. The summed E-state index contributed by atoms with van der Waals surface area (Å²) in [6.45, 7) is 0. The summed E-state index contributed by atoms with van der Waals surface area (Å²) in [6, 6.07) is 6.17. The molecule has 0 saturated carbocycles. The zero-order chi connectivity index (χ0) is 12.9. The quantitative estimate of drug-likeness (QED) is 0.793. The number of halogens is 1. The number of amides is 1. The van der Waals surface area contributed by atoms with Crippen LogP contribution in [0.3, 0.4) is 0 Å². The van der Waals surface area contributed by atoms with Gasteiger partial charge in [-0.15, -0.1) is 11.6 Å². The number of nitrogens with one attached hydrogen (secondary N) is 2. The van der Waals surface area contributed by atoms with Gasteiger partial charge in [-0.05, 0) is 19.2 Å². The minimum atomic E-state index is -3.59. The van der Waals surface area contributed by atoms with Crippen LogP contribution in [0.5, 0.6) is 0 Å². The predicted octanol–water partition coefficient (Wildman–Crippen LogP) is 1.16. The Morgan fingerprint density at radius 1 is 1.35 bits per heavy atom. The molecule has 1 rings (SSSR count). The average molecular weight is 277 g/mol. The molecule has 0 aliphatic carbocycles. The molecule has 17 heavy (non-hydrogen) atoms. The van der Waals surface area contributed by atoms with Gasteiger partial charge in [-0.25, -0.2) is 13.1 Å². The van der Waals surface area contributed by atoms with Crippen LogP contribution in [0, 0.1) is 0 Å². The maximum absolute atomic E-state index is 11.7. The number of sulfonamides is 1. The zero-order valence-electron chi connectivity index (χ0n) is 9.23. The van der Waals surface area contributed by atoms with Crippen molar-refractivity contribution in [2.24, 2.45) is 0 Å². The van der Waals surface area contributed by atoms with E-state index in [9.17, 15) is 13.2 Å². The summed E-state index contributed by atoms with van der Waals surface area (Å²) in [5.41, 5.74) is 0.247. The first-order chi connectivity index (χ1) is 8.01. The topological polar surface area (TPSA) is 75.3 Å². The molecule has 1 amide bonds. The molecule has 1 aromatic carbocycles. The van der Waals surface area contributed by atoms with Crippen LogP contribution < -0.4 is 10.0 Å². The van der Waals surface area contributed by atoms with E-state index in [1.807, 2.05) is 0 Å². The van der Waals surface area contributed by atoms with Gasteiger partial charge in [-0.3, -0.25) is 4.79 Å². The lowest BCUT2D eigenvalue weighted by Gasteiger charge is -2.10. The van der Waals surface area contributed by atoms with E-state index in [2.05, 4.69) is 10.0 Å². The molecule has 0 heterocycles. The Morgan fingerprint density at radius 2 is 2.00 bits per heavy atom. The van der Waals surface area contributed by atoms with Gasteiger partial charge >= 0.3 is 0 Å². The van der Waals surface area contributed by atoms with Crippen LogP contribution in [0.2, 0.25) is 0 Å². The number of carbonyl (C=O) groups excluding carboxylic acids is 1. The Kier molecular flexibility index (Phi) is 4.92. The Labute approximate surface area is 105 Å². The molecule has 0 atom stereocenters. The molecule has 0 aliphatic rings. The van der Waals surface area contributed by atoms with E-state index in [-0.39, 0.29) is 28.8 Å². The Balaban J connectivity index is 3.05. The highest BCUT2D eigenvalue weighted by Gasteiger charge is 2.16. The number of alkyl halides is 1. The van der Waals surface area contributed by atoms with Crippen LogP contribution in [0.1, 0.15) is 6.42 Å². The number of para-hydroxylation sites is 1. The van der Waals surface area contributed by atoms with Crippen LogP contribution in [0.15, 0.2) is 29.2 Å². The molecule has 0 saturated heterocycles. The van der Waals surface area contributed by atoms with Crippen molar-refractivity contribution in [3.05, 3.63) is 24.3 Å². The molecule has 5 nitrogen and oxygen atoms in total. The second-order valence-electron chi connectivity index (χ2n) is 3.19. The molecule has 1 aromatic rings. The van der Waals surface area contributed by atoms with Crippen LogP contribution >= 0.6 is 11.6 Å². The van der Waals surface area contributed by atoms with E-state index >= 15 is 0 Å². The number of rotatable bonds is 5. The molecule has 0 spiro atoms. The molecule has 0 aromatic heterocycles. The van der Waals surface area contributed by atoms with Gasteiger partial charge in [0.2, 0.25) is 15.9 Å². The van der Waals surface area contributed by atoms with Crippen LogP contribution in [0.25, 0.3) is 0 Å². The fourth-order valence-electron chi connectivity index (χ4n) is 1.21. The van der Waals surface area contributed by atoms with Crippen molar-refractivity contribution in [3.8, 4) is 0 Å². The van der Waals surface area contributed by atoms with E-state index < -0.39 is 10.0 Å². The molecule has 0 unspecified atom stereocenters. The van der Waals surface area contributed by atoms with Crippen molar-refractivity contribution in [2.45, 2.75) is 11.3 Å². The van der Waals surface area contributed by atoms with Crippen molar-refractivity contribution < 1.29 is 13.2 Å². The van der Waals surface area contributed by atoms with Crippen molar-refractivity contribution in [2.75, 3.05) is 18.2 Å². The lowest BCUT2D eigenvalue weighted by Crippen LogP contribution is -2.21. The summed E-state index contributed by atoms with van der Waals surface area (Å²) >= 11 is 5.43. The van der Waals surface area contributed by atoms with Crippen molar-refractivity contribution >= 4 is 33.2 Å². The highest BCUT2D eigenvalue weighted by Crippen LogP contribution is 2.20. The van der Waals surface area contributed by atoms with Gasteiger partial charge in [0.05, 0.1) is 5.69 Å². The summed E-state index contributed by atoms with van der Waals surface area (Å²) < 4.78 is 25.5. The largest absolute Gasteiger partial charge is 0.325 e. The predicted molar refractivity (Wildman–Crippen MR) is 66.7 cm³/mol. The van der Waals surface area contributed by atoms with Gasteiger partial charge in [0, 0.05) is 12.3 Å². The normalized spacial score (nSPS) is 11.2. The van der Waals surface area contributed by atoms with Crippen molar-refractivity contribution in [3.63, 3.8) is 0 Å². The van der Waals surface area contributed by atoms with Gasteiger partial charge in [-0.1, -0.05) is 12.1 Å². The van der Waals surface area contributed by atoms with Gasteiger partial charge < -0.3 is 5.32 Å². The molecule has 7 heteroatoms. The summed E-state index contributed by atoms with van der Waals surface area (Å²) in [5, 5.41) is 2.51. The minimum absolute atomic E-state index is 0.0328. The number of anilines is 1. The monoisotopic (exact) mass is 276 g/mol. The van der Waals surface area contributed by atoms with Gasteiger partial charge in [0.15, 0.2) is 0 Å². The number of benzene rings is 1. The second-order valence-corrected chi connectivity index (χ2v) is 5.42. The third-order valence-corrected chi connectivity index (χ3v) is 3.70. The maximum Gasteiger partial charge on any atom is 0.242 e. The SMILES string of the molecule is CNS(=O)(=O)c1ccccc1NC(=O)CCCl. The smallest absolute Gasteiger partial charge is 0.242 e. The van der Waals surface area contributed by atoms with E-state index in [1.165, 1.54) is 19.2 Å². The van der Waals surface area contributed by atoms with Crippen LogP contribution in [-0.4, -0.2) is 27.3 Å². The lowest BCUT2D eigenvalue weighted by atomic mass is 10.3. The van der Waals surface area contributed by atoms with E-state index in [0.29, 0.717) is 0 Å².